The van der Waals surface area contributed by atoms with Gasteiger partial charge in [-0.1, -0.05) is 0 Å². The average molecular weight is 289 g/mol. The van der Waals surface area contributed by atoms with Crippen molar-refractivity contribution in [1.82, 2.24) is 15.0 Å². The van der Waals surface area contributed by atoms with Gasteiger partial charge in [0.25, 0.3) is 0 Å². The molecule has 0 spiro atoms. The Kier molecular flexibility index (Phi) is 5.86. The van der Waals surface area contributed by atoms with Crippen molar-refractivity contribution in [1.29, 1.82) is 0 Å². The number of anilines is 1. The Morgan fingerprint density at radius 3 is 2.76 bits per heavy atom. The molecule has 0 bridgehead atoms. The highest BCUT2D eigenvalue weighted by molar-refractivity contribution is 5.36. The molecule has 0 amide bonds. The van der Waals surface area contributed by atoms with Crippen molar-refractivity contribution in [3.8, 4) is 5.88 Å². The molecule has 0 aliphatic rings. The van der Waals surface area contributed by atoms with Gasteiger partial charge in [-0.3, -0.25) is 4.98 Å². The summed E-state index contributed by atoms with van der Waals surface area (Å²) >= 11 is 0. The van der Waals surface area contributed by atoms with E-state index in [-0.39, 0.29) is 0 Å². The molecule has 21 heavy (non-hydrogen) atoms. The Balaban J connectivity index is 1.86. The molecule has 2 aromatic heterocycles. The van der Waals surface area contributed by atoms with Gasteiger partial charge in [0.2, 0.25) is 5.88 Å². The molecule has 0 saturated heterocycles. The molecule has 7 heteroatoms. The van der Waals surface area contributed by atoms with E-state index in [9.17, 15) is 0 Å². The highest BCUT2D eigenvalue weighted by Gasteiger charge is 2.05. The van der Waals surface area contributed by atoms with Gasteiger partial charge in [0.1, 0.15) is 12.4 Å². The summed E-state index contributed by atoms with van der Waals surface area (Å²) in [6.07, 6.45) is 5.40. The number of methoxy groups -OCH3 is 1. The first-order valence-electron chi connectivity index (χ1n) is 6.67. The van der Waals surface area contributed by atoms with Gasteiger partial charge in [0.15, 0.2) is 5.82 Å². The van der Waals surface area contributed by atoms with Crippen LogP contribution in [0.15, 0.2) is 30.6 Å². The zero-order chi connectivity index (χ0) is 14.9. The number of rotatable bonds is 8. The number of ether oxygens (including phenoxy) is 2. The molecule has 2 aromatic rings. The molecule has 7 nitrogen and oxygen atoms in total. The minimum Gasteiger partial charge on any atom is -0.478 e. The molecule has 112 valence electrons. The van der Waals surface area contributed by atoms with Crippen LogP contribution in [0.2, 0.25) is 0 Å². The van der Waals surface area contributed by atoms with Gasteiger partial charge in [0.05, 0.1) is 6.61 Å². The number of nitrogen functional groups attached to an aromatic ring is 1. The monoisotopic (exact) mass is 289 g/mol. The highest BCUT2D eigenvalue weighted by atomic mass is 16.5. The molecule has 0 radical (unpaired) electrons. The molecule has 0 aromatic carbocycles. The van der Waals surface area contributed by atoms with Gasteiger partial charge in [-0.2, -0.15) is 4.98 Å². The molecule has 0 unspecified atom stereocenters. The lowest BCUT2D eigenvalue weighted by Gasteiger charge is -2.09. The Morgan fingerprint density at radius 2 is 2.05 bits per heavy atom. The summed E-state index contributed by atoms with van der Waals surface area (Å²) in [5.41, 5.74) is 3.73. The van der Waals surface area contributed by atoms with Crippen LogP contribution in [0.4, 0.5) is 5.82 Å². The number of hydrogen-bond donors (Lipinski definition) is 2. The van der Waals surface area contributed by atoms with Gasteiger partial charge < -0.3 is 14.9 Å². The number of hydrogen-bond acceptors (Lipinski definition) is 7. The summed E-state index contributed by atoms with van der Waals surface area (Å²) in [5, 5.41) is 0. The fraction of sp³-hybridized carbons (Fsp3) is 0.357. The third kappa shape index (κ3) is 4.97. The lowest BCUT2D eigenvalue weighted by Crippen LogP contribution is -2.12. The van der Waals surface area contributed by atoms with Crippen molar-refractivity contribution >= 4 is 5.82 Å². The molecule has 0 atom stereocenters. The van der Waals surface area contributed by atoms with Gasteiger partial charge in [0, 0.05) is 25.6 Å². The molecule has 2 rings (SSSR count). The largest absolute Gasteiger partial charge is 0.478 e. The Bertz CT molecular complexity index is 550. The quantitative estimate of drug-likeness (QED) is 0.430. The lowest BCUT2D eigenvalue weighted by molar-refractivity contribution is 0.176. The Hall–Kier alpha value is -2.25. The van der Waals surface area contributed by atoms with Crippen molar-refractivity contribution in [2.24, 2.45) is 5.84 Å². The third-order valence-corrected chi connectivity index (χ3v) is 2.78. The van der Waals surface area contributed by atoms with Crippen LogP contribution in [0.3, 0.4) is 0 Å². The highest BCUT2D eigenvalue weighted by Crippen LogP contribution is 2.14. The number of nitrogens with one attached hydrogen (secondary N) is 1. The summed E-state index contributed by atoms with van der Waals surface area (Å²) in [7, 11) is 1.58. The first kappa shape index (κ1) is 15.1. The molecule has 0 aliphatic heterocycles. The van der Waals surface area contributed by atoms with Crippen LogP contribution >= 0.6 is 0 Å². The van der Waals surface area contributed by atoms with Gasteiger partial charge in [-0.25, -0.2) is 10.8 Å². The van der Waals surface area contributed by atoms with E-state index >= 15 is 0 Å². The first-order valence-corrected chi connectivity index (χ1v) is 6.67. The SMILES string of the molecule is COCc1nc(NN)cc(OCCCc2ccncc2)n1. The number of nitrogens with two attached hydrogens (primary N) is 1. The van der Waals surface area contributed by atoms with Gasteiger partial charge >= 0.3 is 0 Å². The summed E-state index contributed by atoms with van der Waals surface area (Å²) in [6.45, 7) is 0.874. The number of pyridine rings is 1. The predicted molar refractivity (Wildman–Crippen MR) is 78.6 cm³/mol. The number of hydrazine groups is 1. The maximum Gasteiger partial charge on any atom is 0.218 e. The van der Waals surface area contributed by atoms with Crippen LogP contribution in [0.5, 0.6) is 5.88 Å². The average Bonchev–Trinajstić information content (AvgIpc) is 2.53. The topological polar surface area (TPSA) is 95.2 Å². The van der Waals surface area contributed by atoms with Crippen molar-refractivity contribution in [3.05, 3.63) is 42.0 Å². The van der Waals surface area contributed by atoms with Gasteiger partial charge in [-0.05, 0) is 30.5 Å². The number of aryl methyl sites for hydroxylation is 1. The molecular weight excluding hydrogens is 270 g/mol. The Labute approximate surface area is 123 Å². The second-order valence-electron chi connectivity index (χ2n) is 4.39. The van der Waals surface area contributed by atoms with Crippen molar-refractivity contribution < 1.29 is 9.47 Å². The summed E-state index contributed by atoms with van der Waals surface area (Å²) in [4.78, 5) is 12.4. The minimum absolute atomic E-state index is 0.308. The molecule has 2 heterocycles. The van der Waals surface area contributed by atoms with E-state index in [1.54, 1.807) is 25.6 Å². The van der Waals surface area contributed by atoms with Crippen LogP contribution < -0.4 is 16.0 Å². The fourth-order valence-electron chi connectivity index (χ4n) is 1.82. The normalized spacial score (nSPS) is 10.4. The van der Waals surface area contributed by atoms with Crippen molar-refractivity contribution in [2.45, 2.75) is 19.4 Å². The van der Waals surface area contributed by atoms with E-state index in [4.69, 9.17) is 15.3 Å². The van der Waals surface area contributed by atoms with E-state index < -0.39 is 0 Å². The standard InChI is InChI=1S/C14H19N5O2/c1-20-10-13-17-12(19-15)9-14(18-13)21-8-2-3-11-4-6-16-7-5-11/h4-7,9H,2-3,8,10,15H2,1H3,(H,17,18,19). The Morgan fingerprint density at radius 1 is 1.24 bits per heavy atom. The molecule has 3 N–H and O–H groups in total. The third-order valence-electron chi connectivity index (χ3n) is 2.78. The second-order valence-corrected chi connectivity index (χ2v) is 4.39. The van der Waals surface area contributed by atoms with Crippen LogP contribution in [0.25, 0.3) is 0 Å². The zero-order valence-corrected chi connectivity index (χ0v) is 12.0. The predicted octanol–water partition coefficient (Wildman–Crippen LogP) is 1.32. The van der Waals surface area contributed by atoms with Crippen LogP contribution in [-0.2, 0) is 17.8 Å². The van der Waals surface area contributed by atoms with E-state index in [1.165, 1.54) is 5.56 Å². The van der Waals surface area contributed by atoms with Crippen LogP contribution in [0.1, 0.15) is 17.8 Å². The smallest absolute Gasteiger partial charge is 0.218 e. The summed E-state index contributed by atoms with van der Waals surface area (Å²) in [6, 6.07) is 5.65. The van der Waals surface area contributed by atoms with Crippen LogP contribution in [0, 0.1) is 0 Å². The maximum atomic E-state index is 5.64. The minimum atomic E-state index is 0.308. The van der Waals surface area contributed by atoms with E-state index in [0.717, 1.165) is 12.8 Å². The molecule has 0 aliphatic carbocycles. The number of aromatic nitrogens is 3. The second kappa shape index (κ2) is 8.13. The molecular formula is C14H19N5O2. The lowest BCUT2D eigenvalue weighted by atomic mass is 10.1. The summed E-state index contributed by atoms with van der Waals surface area (Å²) < 4.78 is 10.7. The number of nitrogens with zero attached hydrogens (tertiary/aromatic N) is 3. The van der Waals surface area contributed by atoms with Gasteiger partial charge in [-0.15, -0.1) is 0 Å². The van der Waals surface area contributed by atoms with Crippen molar-refractivity contribution in [3.63, 3.8) is 0 Å². The molecule has 0 saturated carbocycles. The molecule has 0 fully saturated rings. The maximum absolute atomic E-state index is 5.64. The fourth-order valence-corrected chi connectivity index (χ4v) is 1.82. The summed E-state index contributed by atoms with van der Waals surface area (Å²) in [5.74, 6) is 6.88. The first-order chi connectivity index (χ1) is 10.3. The van der Waals surface area contributed by atoms with E-state index in [1.807, 2.05) is 12.1 Å². The van der Waals surface area contributed by atoms with E-state index in [2.05, 4.69) is 20.4 Å². The van der Waals surface area contributed by atoms with E-state index in [0.29, 0.717) is 30.7 Å². The van der Waals surface area contributed by atoms with Crippen molar-refractivity contribution in [2.75, 3.05) is 19.1 Å². The van der Waals surface area contributed by atoms with Crippen LogP contribution in [-0.4, -0.2) is 28.7 Å². The zero-order valence-electron chi connectivity index (χ0n) is 12.0.